The van der Waals surface area contributed by atoms with Crippen LogP contribution in [0.2, 0.25) is 0 Å². The van der Waals surface area contributed by atoms with Gasteiger partial charge in [-0.1, -0.05) is 18.2 Å². The molecule has 0 unspecified atom stereocenters. The number of hydrogen-bond donors (Lipinski definition) is 0. The Morgan fingerprint density at radius 3 is 2.34 bits per heavy atom. The summed E-state index contributed by atoms with van der Waals surface area (Å²) in [5, 5.41) is 0. The Morgan fingerprint density at radius 1 is 1.03 bits per heavy atom. The molecule has 1 fully saturated rings. The fraction of sp³-hybridized carbons (Fsp3) is 0.375. The highest BCUT2D eigenvalue weighted by Gasteiger charge is 2.47. The molecule has 0 saturated carbocycles. The summed E-state index contributed by atoms with van der Waals surface area (Å²) in [5.41, 5.74) is 0.855. The number of carbonyl (C=O) groups excluding carboxylic acids is 3. The first kappa shape index (κ1) is 23.4. The molecule has 0 aromatic heterocycles. The number of methoxy groups -OCH3 is 1. The third-order valence-electron chi connectivity index (χ3n) is 5.01. The first-order valence-corrected chi connectivity index (χ1v) is 10.2. The van der Waals surface area contributed by atoms with Gasteiger partial charge >= 0.3 is 5.97 Å². The summed E-state index contributed by atoms with van der Waals surface area (Å²) >= 11 is 0. The second-order valence-electron chi connectivity index (χ2n) is 7.73. The molecule has 1 aliphatic rings. The van der Waals surface area contributed by atoms with E-state index in [-0.39, 0.29) is 25.3 Å². The molecule has 0 spiro atoms. The number of carbonyl (C=O) groups is 3. The predicted molar refractivity (Wildman–Crippen MR) is 113 cm³/mol. The Bertz CT molecular complexity index is 923. The van der Waals surface area contributed by atoms with Crippen LogP contribution in [0.1, 0.15) is 41.0 Å². The van der Waals surface area contributed by atoms with Gasteiger partial charge in [0.25, 0.3) is 6.47 Å². The van der Waals surface area contributed by atoms with Gasteiger partial charge in [-0.05, 0) is 50.2 Å². The molecule has 8 heteroatoms. The molecule has 1 saturated heterocycles. The molecule has 3 rings (SSSR count). The van der Waals surface area contributed by atoms with Gasteiger partial charge in [-0.2, -0.15) is 0 Å². The van der Waals surface area contributed by atoms with Crippen molar-refractivity contribution in [2.24, 2.45) is 0 Å². The molecule has 32 heavy (non-hydrogen) atoms. The molecular weight excluding hydrogens is 416 g/mol. The second-order valence-corrected chi connectivity index (χ2v) is 7.73. The molecule has 3 atom stereocenters. The average molecular weight is 442 g/mol. The lowest BCUT2D eigenvalue weighted by molar-refractivity contribution is -0.167. The molecule has 1 aliphatic heterocycles. The van der Waals surface area contributed by atoms with E-state index in [0.717, 1.165) is 0 Å². The van der Waals surface area contributed by atoms with E-state index in [0.29, 0.717) is 16.9 Å². The van der Waals surface area contributed by atoms with Crippen LogP contribution < -0.4 is 4.74 Å². The molecule has 2 aromatic rings. The number of Topliss-reactive ketones (excluding diaryl/α,β-unsaturated/α-hetero) is 1. The van der Waals surface area contributed by atoms with E-state index in [4.69, 9.17) is 23.7 Å². The minimum absolute atomic E-state index is 0.00816. The van der Waals surface area contributed by atoms with Crippen molar-refractivity contribution in [1.29, 1.82) is 0 Å². The number of hydrogen-bond acceptors (Lipinski definition) is 8. The van der Waals surface area contributed by atoms with Gasteiger partial charge in [-0.3, -0.25) is 9.59 Å². The van der Waals surface area contributed by atoms with Crippen LogP contribution in [0.5, 0.6) is 5.75 Å². The minimum Gasteiger partial charge on any atom is -0.497 e. The summed E-state index contributed by atoms with van der Waals surface area (Å²) in [6.45, 7) is 3.42. The molecule has 1 heterocycles. The summed E-state index contributed by atoms with van der Waals surface area (Å²) in [5.74, 6) is -1.10. The summed E-state index contributed by atoms with van der Waals surface area (Å²) in [4.78, 5) is 36.2. The van der Waals surface area contributed by atoms with Crippen molar-refractivity contribution in [3.63, 3.8) is 0 Å². The minimum atomic E-state index is -1.01. The number of esters is 1. The van der Waals surface area contributed by atoms with Crippen molar-refractivity contribution in [2.45, 2.75) is 44.4 Å². The molecule has 8 nitrogen and oxygen atoms in total. The SMILES string of the molecule is COc1ccc(C(=O)C[C@H]2OC(C)(C)O[C@@H]2[C@@H](COC(=O)c2ccccc2)OC=O)cc1. The lowest BCUT2D eigenvalue weighted by atomic mass is 9.99. The van der Waals surface area contributed by atoms with Crippen LogP contribution in [0.4, 0.5) is 0 Å². The maximum atomic E-state index is 12.8. The summed E-state index contributed by atoms with van der Waals surface area (Å²) < 4.78 is 27.4. The van der Waals surface area contributed by atoms with Crippen molar-refractivity contribution < 1.29 is 38.1 Å². The largest absolute Gasteiger partial charge is 0.497 e. The van der Waals surface area contributed by atoms with Gasteiger partial charge in [0.05, 0.1) is 18.8 Å². The normalized spacial score (nSPS) is 20.2. The molecule has 0 bridgehead atoms. The van der Waals surface area contributed by atoms with E-state index < -0.39 is 30.1 Å². The third-order valence-corrected chi connectivity index (χ3v) is 5.01. The standard InChI is InChI=1S/C24H26O8/c1-24(2)31-20(13-19(26)16-9-11-18(28-3)12-10-16)22(32-24)21(30-15-25)14-29-23(27)17-7-5-4-6-8-17/h4-12,15,20-22H,13-14H2,1-3H3/t20-,21-,22+/m1/s1. The van der Waals surface area contributed by atoms with Crippen molar-refractivity contribution in [2.75, 3.05) is 13.7 Å². The average Bonchev–Trinajstić information content (AvgIpc) is 3.10. The maximum Gasteiger partial charge on any atom is 0.338 e. The lowest BCUT2D eigenvalue weighted by Crippen LogP contribution is -2.41. The zero-order valence-electron chi connectivity index (χ0n) is 18.2. The van der Waals surface area contributed by atoms with Crippen LogP contribution >= 0.6 is 0 Å². The van der Waals surface area contributed by atoms with Gasteiger partial charge in [0.1, 0.15) is 18.5 Å². The predicted octanol–water partition coefficient (Wildman–Crippen LogP) is 3.19. The Balaban J connectivity index is 1.70. The molecule has 170 valence electrons. The van der Waals surface area contributed by atoms with Crippen LogP contribution in [0.3, 0.4) is 0 Å². The van der Waals surface area contributed by atoms with Crippen molar-refractivity contribution >= 4 is 18.2 Å². The molecule has 0 aliphatic carbocycles. The zero-order valence-corrected chi connectivity index (χ0v) is 18.2. The third kappa shape index (κ3) is 5.93. The van der Waals surface area contributed by atoms with Crippen LogP contribution in [0.25, 0.3) is 0 Å². The van der Waals surface area contributed by atoms with Crippen molar-refractivity contribution in [1.82, 2.24) is 0 Å². The van der Waals surface area contributed by atoms with E-state index >= 15 is 0 Å². The summed E-state index contributed by atoms with van der Waals surface area (Å²) in [6.07, 6.45) is -2.47. The number of ether oxygens (including phenoxy) is 5. The lowest BCUT2D eigenvalue weighted by Gasteiger charge is -2.24. The monoisotopic (exact) mass is 442 g/mol. The van der Waals surface area contributed by atoms with E-state index in [1.807, 2.05) is 0 Å². The van der Waals surface area contributed by atoms with Gasteiger partial charge in [0, 0.05) is 12.0 Å². The molecular formula is C24H26O8. The first-order valence-electron chi connectivity index (χ1n) is 10.2. The zero-order chi connectivity index (χ0) is 23.1. The van der Waals surface area contributed by atoms with Gasteiger partial charge in [-0.15, -0.1) is 0 Å². The van der Waals surface area contributed by atoms with Gasteiger partial charge < -0.3 is 23.7 Å². The topological polar surface area (TPSA) is 97.4 Å². The van der Waals surface area contributed by atoms with Crippen LogP contribution in [0.15, 0.2) is 54.6 Å². The maximum absolute atomic E-state index is 12.8. The van der Waals surface area contributed by atoms with Crippen LogP contribution in [-0.2, 0) is 23.7 Å². The van der Waals surface area contributed by atoms with Crippen molar-refractivity contribution in [3.05, 3.63) is 65.7 Å². The van der Waals surface area contributed by atoms with Crippen molar-refractivity contribution in [3.8, 4) is 5.75 Å². The quantitative estimate of drug-likeness (QED) is 0.314. The smallest absolute Gasteiger partial charge is 0.338 e. The first-order chi connectivity index (χ1) is 15.3. The molecule has 0 N–H and O–H groups in total. The molecule has 2 aromatic carbocycles. The Hall–Kier alpha value is -3.23. The van der Waals surface area contributed by atoms with Crippen LogP contribution in [0, 0.1) is 0 Å². The number of ketones is 1. The number of rotatable bonds is 10. The van der Waals surface area contributed by atoms with E-state index in [9.17, 15) is 14.4 Å². The molecule has 0 radical (unpaired) electrons. The fourth-order valence-electron chi connectivity index (χ4n) is 3.51. The Morgan fingerprint density at radius 2 is 1.72 bits per heavy atom. The number of benzene rings is 2. The fourth-order valence-corrected chi connectivity index (χ4v) is 3.51. The summed E-state index contributed by atoms with van der Waals surface area (Å²) in [7, 11) is 1.55. The van der Waals surface area contributed by atoms with Gasteiger partial charge in [0.2, 0.25) is 0 Å². The molecule has 0 amide bonds. The highest BCUT2D eigenvalue weighted by atomic mass is 16.8. The van der Waals surface area contributed by atoms with Gasteiger partial charge in [-0.25, -0.2) is 4.79 Å². The second kappa shape index (κ2) is 10.4. The van der Waals surface area contributed by atoms with E-state index in [2.05, 4.69) is 0 Å². The van der Waals surface area contributed by atoms with E-state index in [1.54, 1.807) is 75.6 Å². The summed E-state index contributed by atoms with van der Waals surface area (Å²) in [6, 6.07) is 15.2. The highest BCUT2D eigenvalue weighted by molar-refractivity contribution is 5.96. The van der Waals surface area contributed by atoms with Gasteiger partial charge in [0.15, 0.2) is 17.7 Å². The van der Waals surface area contributed by atoms with Crippen LogP contribution in [-0.4, -0.2) is 56.0 Å². The van der Waals surface area contributed by atoms with E-state index in [1.165, 1.54) is 0 Å². The Kier molecular flexibility index (Phi) is 7.61. The highest BCUT2D eigenvalue weighted by Crippen LogP contribution is 2.33. The Labute approximate surface area is 186 Å².